The van der Waals surface area contributed by atoms with Crippen LogP contribution in [-0.4, -0.2) is 12.0 Å². The Hall–Kier alpha value is -0.180. The molecule has 2 saturated carbocycles. The molecule has 1 unspecified atom stereocenters. The molecule has 106 valence electrons. The van der Waals surface area contributed by atoms with Crippen molar-refractivity contribution in [3.05, 3.63) is 0 Å². The minimum Gasteiger partial charge on any atom is -0.327 e. The van der Waals surface area contributed by atoms with Crippen molar-refractivity contribution in [2.45, 2.75) is 76.7 Å². The van der Waals surface area contributed by atoms with Crippen molar-refractivity contribution in [2.24, 2.45) is 23.5 Å². The van der Waals surface area contributed by atoms with Crippen molar-refractivity contribution < 1.29 is 8.78 Å². The van der Waals surface area contributed by atoms with E-state index in [1.165, 1.54) is 32.1 Å². The minimum atomic E-state index is -2.42. The van der Waals surface area contributed by atoms with Gasteiger partial charge in [0, 0.05) is 18.9 Å². The average molecular weight is 259 g/mol. The van der Waals surface area contributed by atoms with E-state index in [-0.39, 0.29) is 18.9 Å². The fourth-order valence-corrected chi connectivity index (χ4v) is 3.81. The van der Waals surface area contributed by atoms with E-state index in [1.54, 1.807) is 0 Å². The standard InChI is InChI=1S/C15H27F2N/c1-2-11-3-5-12(6-4-11)14(18)13-7-9-15(16,17)10-8-13/h11-14H,2-10,18H2,1H3. The Morgan fingerprint density at radius 2 is 1.50 bits per heavy atom. The van der Waals surface area contributed by atoms with E-state index < -0.39 is 5.92 Å². The summed E-state index contributed by atoms with van der Waals surface area (Å²) in [5.74, 6) is -0.614. The van der Waals surface area contributed by atoms with E-state index in [2.05, 4.69) is 6.92 Å². The minimum absolute atomic E-state index is 0.0513. The predicted octanol–water partition coefficient (Wildman–Crippen LogP) is 4.36. The van der Waals surface area contributed by atoms with Crippen LogP contribution in [0.4, 0.5) is 8.78 Å². The van der Waals surface area contributed by atoms with Gasteiger partial charge in [0.05, 0.1) is 0 Å². The zero-order valence-corrected chi connectivity index (χ0v) is 11.5. The second kappa shape index (κ2) is 5.85. The molecule has 0 aromatic heterocycles. The van der Waals surface area contributed by atoms with Gasteiger partial charge in [-0.2, -0.15) is 0 Å². The maximum absolute atomic E-state index is 13.1. The lowest BCUT2D eigenvalue weighted by atomic mass is 9.71. The lowest BCUT2D eigenvalue weighted by Crippen LogP contribution is -2.42. The smallest absolute Gasteiger partial charge is 0.248 e. The van der Waals surface area contributed by atoms with Gasteiger partial charge in [-0.3, -0.25) is 0 Å². The molecule has 0 aromatic carbocycles. The summed E-state index contributed by atoms with van der Waals surface area (Å²) < 4.78 is 26.3. The highest BCUT2D eigenvalue weighted by molar-refractivity contribution is 4.88. The summed E-state index contributed by atoms with van der Waals surface area (Å²) in [5, 5.41) is 0. The third-order valence-electron chi connectivity index (χ3n) is 5.32. The Balaban J connectivity index is 1.80. The molecule has 2 fully saturated rings. The van der Waals surface area contributed by atoms with Gasteiger partial charge in [0.15, 0.2) is 0 Å². The van der Waals surface area contributed by atoms with Gasteiger partial charge in [0.1, 0.15) is 0 Å². The van der Waals surface area contributed by atoms with Gasteiger partial charge in [-0.25, -0.2) is 8.78 Å². The van der Waals surface area contributed by atoms with Crippen LogP contribution in [0.25, 0.3) is 0 Å². The molecule has 2 N–H and O–H groups in total. The fourth-order valence-electron chi connectivity index (χ4n) is 3.81. The molecular weight excluding hydrogens is 232 g/mol. The topological polar surface area (TPSA) is 26.0 Å². The molecule has 2 aliphatic rings. The van der Waals surface area contributed by atoms with Crippen LogP contribution in [0.5, 0.6) is 0 Å². The molecular formula is C15H27F2N. The summed E-state index contributed by atoms with van der Waals surface area (Å²) in [6, 6.07) is 0.166. The summed E-state index contributed by atoms with van der Waals surface area (Å²) in [7, 11) is 0. The van der Waals surface area contributed by atoms with Crippen LogP contribution in [0.2, 0.25) is 0 Å². The first-order valence-electron chi connectivity index (χ1n) is 7.65. The first kappa shape index (κ1) is 14.2. The van der Waals surface area contributed by atoms with Gasteiger partial charge < -0.3 is 5.73 Å². The van der Waals surface area contributed by atoms with Crippen molar-refractivity contribution in [2.75, 3.05) is 0 Å². The van der Waals surface area contributed by atoms with Crippen LogP contribution < -0.4 is 5.73 Å². The number of nitrogens with two attached hydrogens (primary N) is 1. The second-order valence-corrected chi connectivity index (χ2v) is 6.46. The third kappa shape index (κ3) is 3.43. The van der Waals surface area contributed by atoms with E-state index in [1.807, 2.05) is 0 Å². The number of halogens is 2. The molecule has 0 bridgehead atoms. The summed E-state index contributed by atoms with van der Waals surface area (Å²) >= 11 is 0. The first-order chi connectivity index (χ1) is 8.52. The van der Waals surface area contributed by atoms with Crippen LogP contribution in [-0.2, 0) is 0 Å². The lowest BCUT2D eigenvalue weighted by molar-refractivity contribution is -0.0511. The average Bonchev–Trinajstić information content (AvgIpc) is 2.38. The van der Waals surface area contributed by atoms with E-state index in [0.717, 1.165) is 5.92 Å². The molecule has 1 atom stereocenters. The third-order valence-corrected chi connectivity index (χ3v) is 5.32. The van der Waals surface area contributed by atoms with Crippen LogP contribution in [0, 0.1) is 17.8 Å². The maximum atomic E-state index is 13.1. The first-order valence-corrected chi connectivity index (χ1v) is 7.65. The molecule has 0 aliphatic heterocycles. The van der Waals surface area contributed by atoms with Crippen LogP contribution in [0.15, 0.2) is 0 Å². The Kier molecular flexibility index (Phi) is 4.63. The van der Waals surface area contributed by atoms with Gasteiger partial charge >= 0.3 is 0 Å². The van der Waals surface area contributed by atoms with Crippen LogP contribution in [0.3, 0.4) is 0 Å². The van der Waals surface area contributed by atoms with Crippen LogP contribution >= 0.6 is 0 Å². The monoisotopic (exact) mass is 259 g/mol. The van der Waals surface area contributed by atoms with E-state index >= 15 is 0 Å². The Morgan fingerprint density at radius 3 is 2.00 bits per heavy atom. The molecule has 0 aromatic rings. The van der Waals surface area contributed by atoms with Gasteiger partial charge in [-0.05, 0) is 43.4 Å². The van der Waals surface area contributed by atoms with Crippen molar-refractivity contribution in [1.82, 2.24) is 0 Å². The fraction of sp³-hybridized carbons (Fsp3) is 1.00. The van der Waals surface area contributed by atoms with Crippen molar-refractivity contribution in [1.29, 1.82) is 0 Å². The Labute approximate surface area is 110 Å². The molecule has 18 heavy (non-hydrogen) atoms. The number of hydrogen-bond acceptors (Lipinski definition) is 1. The van der Waals surface area contributed by atoms with E-state index in [4.69, 9.17) is 5.73 Å². The van der Waals surface area contributed by atoms with E-state index in [0.29, 0.717) is 24.7 Å². The van der Waals surface area contributed by atoms with Crippen molar-refractivity contribution in [3.8, 4) is 0 Å². The Morgan fingerprint density at radius 1 is 1.00 bits per heavy atom. The normalized spacial score (nSPS) is 35.3. The summed E-state index contributed by atoms with van der Waals surface area (Å²) in [5.41, 5.74) is 6.35. The quantitative estimate of drug-likeness (QED) is 0.801. The zero-order valence-electron chi connectivity index (χ0n) is 11.5. The van der Waals surface area contributed by atoms with Gasteiger partial charge in [-0.1, -0.05) is 26.2 Å². The van der Waals surface area contributed by atoms with Crippen molar-refractivity contribution in [3.63, 3.8) is 0 Å². The predicted molar refractivity (Wildman–Crippen MR) is 70.6 cm³/mol. The van der Waals surface area contributed by atoms with Crippen molar-refractivity contribution >= 4 is 0 Å². The molecule has 0 spiro atoms. The molecule has 1 nitrogen and oxygen atoms in total. The molecule has 2 aliphatic carbocycles. The molecule has 0 amide bonds. The highest BCUT2D eigenvalue weighted by Gasteiger charge is 2.39. The van der Waals surface area contributed by atoms with Crippen LogP contribution in [0.1, 0.15) is 64.7 Å². The SMILES string of the molecule is CCC1CCC(C(N)C2CCC(F)(F)CC2)CC1. The Bertz CT molecular complexity index is 249. The van der Waals surface area contributed by atoms with Gasteiger partial charge in [-0.15, -0.1) is 0 Å². The van der Waals surface area contributed by atoms with Gasteiger partial charge in [0.25, 0.3) is 0 Å². The van der Waals surface area contributed by atoms with Gasteiger partial charge in [0.2, 0.25) is 5.92 Å². The number of rotatable bonds is 3. The molecule has 2 rings (SSSR count). The highest BCUT2D eigenvalue weighted by Crippen LogP contribution is 2.41. The highest BCUT2D eigenvalue weighted by atomic mass is 19.3. The summed E-state index contributed by atoms with van der Waals surface area (Å²) in [4.78, 5) is 0. The second-order valence-electron chi connectivity index (χ2n) is 6.46. The number of alkyl halides is 2. The molecule has 0 heterocycles. The van der Waals surface area contributed by atoms with E-state index in [9.17, 15) is 8.78 Å². The largest absolute Gasteiger partial charge is 0.327 e. The molecule has 0 saturated heterocycles. The molecule has 3 heteroatoms. The summed E-state index contributed by atoms with van der Waals surface area (Å²) in [6.45, 7) is 2.26. The molecule has 0 radical (unpaired) electrons. The zero-order chi connectivity index (χ0) is 13.2. The number of hydrogen-bond donors (Lipinski definition) is 1. The summed E-state index contributed by atoms with van der Waals surface area (Å²) in [6.07, 6.45) is 7.64. The lowest BCUT2D eigenvalue weighted by Gasteiger charge is -2.38. The maximum Gasteiger partial charge on any atom is 0.248 e.